The summed E-state index contributed by atoms with van der Waals surface area (Å²) in [7, 11) is 0. The molecular weight excluding hydrogens is 326 g/mol. The number of Topliss-reactive ketones (excluding diaryl/α,β-unsaturated/α-hetero) is 1. The molecule has 1 aromatic heterocycles. The van der Waals surface area contributed by atoms with Crippen LogP contribution in [-0.4, -0.2) is 21.2 Å². The van der Waals surface area contributed by atoms with Crippen LogP contribution in [0.25, 0.3) is 0 Å². The molecule has 0 fully saturated rings. The second-order valence-corrected chi connectivity index (χ2v) is 5.87. The molecule has 0 saturated carbocycles. The summed E-state index contributed by atoms with van der Waals surface area (Å²) in [6.45, 7) is 3.61. The van der Waals surface area contributed by atoms with Crippen LogP contribution >= 0.6 is 0 Å². The Morgan fingerprint density at radius 2 is 1.84 bits per heavy atom. The second kappa shape index (κ2) is 7.08. The monoisotopic (exact) mass is 343 g/mol. The van der Waals surface area contributed by atoms with E-state index in [1.165, 1.54) is 0 Å². The zero-order chi connectivity index (χ0) is 18.7. The van der Waals surface area contributed by atoms with Gasteiger partial charge < -0.3 is 10.3 Å². The first-order valence-electron chi connectivity index (χ1n) is 7.52. The van der Waals surface area contributed by atoms with E-state index < -0.39 is 40.0 Å². The number of nitro groups is 1. The number of nitrogens with two attached hydrogens (primary N) is 1. The fraction of sp³-hybridized carbons (Fsp3) is 0.235. The van der Waals surface area contributed by atoms with Crippen LogP contribution in [0.3, 0.4) is 0 Å². The minimum Gasteiger partial charge on any atom is -0.365 e. The van der Waals surface area contributed by atoms with Crippen molar-refractivity contribution in [2.45, 2.75) is 26.3 Å². The summed E-state index contributed by atoms with van der Waals surface area (Å²) in [6, 6.07) is 7.69. The number of nitrogens with zero attached hydrogens (tertiary/aromatic N) is 2. The third kappa shape index (κ3) is 3.97. The number of aromatic nitrogens is 1. The number of primary amides is 1. The zero-order valence-electron chi connectivity index (χ0n) is 13.8. The molecule has 0 saturated heterocycles. The summed E-state index contributed by atoms with van der Waals surface area (Å²) >= 11 is 0. The van der Waals surface area contributed by atoms with Gasteiger partial charge in [0.15, 0.2) is 5.78 Å². The lowest BCUT2D eigenvalue weighted by atomic mass is 10.0. The maximum Gasteiger partial charge on any atom is 0.286 e. The third-order valence-electron chi connectivity index (χ3n) is 3.76. The summed E-state index contributed by atoms with van der Waals surface area (Å²) in [5, 5.41) is 10.9. The van der Waals surface area contributed by atoms with Crippen LogP contribution in [0.4, 0.5) is 5.69 Å². The number of ketones is 1. The molecule has 8 nitrogen and oxygen atoms in total. The Bertz CT molecular complexity index is 897. The average Bonchev–Trinajstić information content (AvgIpc) is 2.56. The van der Waals surface area contributed by atoms with Crippen LogP contribution in [0.15, 0.2) is 41.3 Å². The minimum atomic E-state index is -1.09. The van der Waals surface area contributed by atoms with Crippen LogP contribution in [0.2, 0.25) is 0 Å². The normalized spacial score (nSPS) is 10.7. The van der Waals surface area contributed by atoms with E-state index in [-0.39, 0.29) is 0 Å². The smallest absolute Gasteiger partial charge is 0.286 e. The van der Waals surface area contributed by atoms with Crippen LogP contribution in [0.1, 0.15) is 46.0 Å². The van der Waals surface area contributed by atoms with Crippen LogP contribution in [-0.2, 0) is 6.54 Å². The maximum absolute atomic E-state index is 12.4. The molecule has 1 heterocycles. The van der Waals surface area contributed by atoms with E-state index in [2.05, 4.69) is 0 Å². The number of rotatable bonds is 6. The maximum atomic E-state index is 12.4. The number of hydrogen-bond acceptors (Lipinski definition) is 5. The van der Waals surface area contributed by atoms with Crippen LogP contribution < -0.4 is 11.3 Å². The molecule has 0 unspecified atom stereocenters. The van der Waals surface area contributed by atoms with E-state index in [1.807, 2.05) is 26.0 Å². The molecular formula is C17H17N3O5. The Morgan fingerprint density at radius 3 is 2.32 bits per heavy atom. The molecule has 8 heteroatoms. The van der Waals surface area contributed by atoms with Gasteiger partial charge in [0.1, 0.15) is 5.56 Å². The van der Waals surface area contributed by atoms with Gasteiger partial charge in [-0.25, -0.2) is 0 Å². The highest BCUT2D eigenvalue weighted by Gasteiger charge is 2.19. The molecule has 0 atom stereocenters. The summed E-state index contributed by atoms with van der Waals surface area (Å²) in [6.07, 6.45) is 0.926. The SMILES string of the molecule is CC(C)c1ccc(C(=O)Cn2cc([N+](=O)[O-])cc(C(N)=O)c2=O)cc1. The van der Waals surface area contributed by atoms with Crippen molar-refractivity contribution < 1.29 is 14.5 Å². The molecule has 2 aromatic rings. The first kappa shape index (κ1) is 18.1. The van der Waals surface area contributed by atoms with Gasteiger partial charge in [-0.1, -0.05) is 38.1 Å². The topological polar surface area (TPSA) is 125 Å². The molecule has 0 aliphatic carbocycles. The van der Waals surface area contributed by atoms with E-state index >= 15 is 0 Å². The Kier molecular flexibility index (Phi) is 5.11. The Morgan fingerprint density at radius 1 is 1.24 bits per heavy atom. The van der Waals surface area contributed by atoms with Gasteiger partial charge in [-0.15, -0.1) is 0 Å². The van der Waals surface area contributed by atoms with Crippen LogP contribution in [0.5, 0.6) is 0 Å². The standard InChI is InChI=1S/C17H17N3O5/c1-10(2)11-3-5-12(6-4-11)15(21)9-19-8-13(20(24)25)7-14(16(18)22)17(19)23/h3-8,10H,9H2,1-2H3,(H2,18,22). The first-order valence-corrected chi connectivity index (χ1v) is 7.52. The molecule has 0 aliphatic heterocycles. The fourth-order valence-electron chi connectivity index (χ4n) is 2.31. The fourth-order valence-corrected chi connectivity index (χ4v) is 2.31. The van der Waals surface area contributed by atoms with Gasteiger partial charge in [0.05, 0.1) is 17.7 Å². The van der Waals surface area contributed by atoms with E-state index in [1.54, 1.807) is 12.1 Å². The van der Waals surface area contributed by atoms with Gasteiger partial charge in [-0.3, -0.25) is 24.5 Å². The number of pyridine rings is 1. The van der Waals surface area contributed by atoms with Crippen LogP contribution in [0, 0.1) is 10.1 Å². The molecule has 2 N–H and O–H groups in total. The zero-order valence-corrected chi connectivity index (χ0v) is 13.8. The summed E-state index contributed by atoms with van der Waals surface area (Å²) in [5.41, 5.74) is 4.64. The second-order valence-electron chi connectivity index (χ2n) is 5.87. The molecule has 25 heavy (non-hydrogen) atoms. The minimum absolute atomic E-state index is 0.307. The van der Waals surface area contributed by atoms with Crippen molar-refractivity contribution in [1.82, 2.24) is 4.57 Å². The Labute approximate surface area is 143 Å². The molecule has 130 valence electrons. The highest BCUT2D eigenvalue weighted by molar-refractivity contribution is 5.96. The van der Waals surface area contributed by atoms with Crippen molar-refractivity contribution in [2.24, 2.45) is 5.73 Å². The van der Waals surface area contributed by atoms with Crippen molar-refractivity contribution in [3.05, 3.63) is 73.7 Å². The predicted octanol–water partition coefficient (Wildman–Crippen LogP) is 1.86. The van der Waals surface area contributed by atoms with E-state index in [9.17, 15) is 24.5 Å². The van der Waals surface area contributed by atoms with Crippen molar-refractivity contribution >= 4 is 17.4 Å². The van der Waals surface area contributed by atoms with E-state index in [0.29, 0.717) is 11.5 Å². The van der Waals surface area contributed by atoms with E-state index in [4.69, 9.17) is 5.73 Å². The lowest BCUT2D eigenvalue weighted by molar-refractivity contribution is -0.385. The highest BCUT2D eigenvalue weighted by atomic mass is 16.6. The number of amides is 1. The summed E-state index contributed by atoms with van der Waals surface area (Å²) in [4.78, 5) is 46.0. The van der Waals surface area contributed by atoms with Gasteiger partial charge in [0.25, 0.3) is 17.2 Å². The number of carbonyl (C=O) groups excluding carboxylic acids is 2. The van der Waals surface area contributed by atoms with Crippen molar-refractivity contribution in [1.29, 1.82) is 0 Å². The number of hydrogen-bond donors (Lipinski definition) is 1. The molecule has 1 amide bonds. The molecule has 0 spiro atoms. The summed E-state index contributed by atoms with van der Waals surface area (Å²) in [5.74, 6) is -1.19. The average molecular weight is 343 g/mol. The van der Waals surface area contributed by atoms with Gasteiger partial charge in [0, 0.05) is 11.6 Å². The number of carbonyl (C=O) groups is 2. The quantitative estimate of drug-likeness (QED) is 0.487. The lowest BCUT2D eigenvalue weighted by Gasteiger charge is -2.08. The summed E-state index contributed by atoms with van der Waals surface area (Å²) < 4.78 is 0.830. The van der Waals surface area contributed by atoms with Gasteiger partial charge in [-0.2, -0.15) is 0 Å². The molecule has 2 rings (SSSR count). The Balaban J connectivity index is 2.38. The first-order chi connectivity index (χ1) is 11.7. The molecule has 0 radical (unpaired) electrons. The third-order valence-corrected chi connectivity index (χ3v) is 3.76. The molecule has 1 aromatic carbocycles. The largest absolute Gasteiger partial charge is 0.365 e. The van der Waals surface area contributed by atoms with Gasteiger partial charge in [0.2, 0.25) is 0 Å². The van der Waals surface area contributed by atoms with Crippen molar-refractivity contribution in [3.8, 4) is 0 Å². The van der Waals surface area contributed by atoms with Gasteiger partial charge >= 0.3 is 0 Å². The van der Waals surface area contributed by atoms with Crippen molar-refractivity contribution in [2.75, 3.05) is 0 Å². The van der Waals surface area contributed by atoms with Crippen molar-refractivity contribution in [3.63, 3.8) is 0 Å². The molecule has 0 bridgehead atoms. The lowest BCUT2D eigenvalue weighted by Crippen LogP contribution is -2.31. The highest BCUT2D eigenvalue weighted by Crippen LogP contribution is 2.16. The number of benzene rings is 1. The predicted molar refractivity (Wildman–Crippen MR) is 90.7 cm³/mol. The van der Waals surface area contributed by atoms with Gasteiger partial charge in [-0.05, 0) is 11.5 Å². The Hall–Kier alpha value is -3.29. The molecule has 0 aliphatic rings. The van der Waals surface area contributed by atoms with E-state index in [0.717, 1.165) is 22.4 Å².